The topological polar surface area (TPSA) is 26.3 Å². The van der Waals surface area contributed by atoms with Gasteiger partial charge in [0.15, 0.2) is 0 Å². The Balaban J connectivity index is 3.26. The second-order valence-electron chi connectivity index (χ2n) is 10.3. The van der Waals surface area contributed by atoms with E-state index in [9.17, 15) is 4.79 Å². The molecular formula is C30H60O2. The van der Waals surface area contributed by atoms with Gasteiger partial charge in [-0.05, 0) is 12.8 Å². The van der Waals surface area contributed by atoms with Crippen molar-refractivity contribution < 1.29 is 9.53 Å². The van der Waals surface area contributed by atoms with Gasteiger partial charge in [-0.15, -0.1) is 0 Å². The normalized spacial score (nSPS) is 12.2. The van der Waals surface area contributed by atoms with Crippen LogP contribution in [0.3, 0.4) is 0 Å². The summed E-state index contributed by atoms with van der Waals surface area (Å²) in [6, 6.07) is 0. The molecule has 2 nitrogen and oxygen atoms in total. The number of unbranched alkanes of at least 4 members (excludes halogenated alkanes) is 21. The van der Waals surface area contributed by atoms with E-state index in [1.165, 1.54) is 141 Å². The molecule has 1 unspecified atom stereocenters. The van der Waals surface area contributed by atoms with Crippen LogP contribution in [0.15, 0.2) is 0 Å². The highest BCUT2D eigenvalue weighted by atomic mass is 16.5. The van der Waals surface area contributed by atoms with E-state index >= 15 is 0 Å². The lowest BCUT2D eigenvalue weighted by Gasteiger charge is -2.11. The minimum atomic E-state index is 0.0262. The molecule has 0 aliphatic heterocycles. The summed E-state index contributed by atoms with van der Waals surface area (Å²) in [4.78, 5) is 12.1. The Bertz CT molecular complexity index is 366. The smallest absolute Gasteiger partial charge is 0.308 e. The predicted molar refractivity (Wildman–Crippen MR) is 142 cm³/mol. The number of ether oxygens (including phenoxy) is 1. The van der Waals surface area contributed by atoms with Gasteiger partial charge in [0.1, 0.15) is 0 Å². The fraction of sp³-hybridized carbons (Fsp3) is 0.967. The van der Waals surface area contributed by atoms with Gasteiger partial charge in [-0.1, -0.05) is 162 Å². The molecule has 0 aromatic carbocycles. The summed E-state index contributed by atoms with van der Waals surface area (Å²) >= 11 is 0. The molecule has 0 aromatic rings. The van der Waals surface area contributed by atoms with Crippen LogP contribution in [0.2, 0.25) is 0 Å². The largest absolute Gasteiger partial charge is 0.465 e. The van der Waals surface area contributed by atoms with Gasteiger partial charge >= 0.3 is 5.97 Å². The van der Waals surface area contributed by atoms with E-state index in [-0.39, 0.29) is 11.9 Å². The Morgan fingerprint density at radius 1 is 0.500 bits per heavy atom. The zero-order chi connectivity index (χ0) is 23.5. The second-order valence-corrected chi connectivity index (χ2v) is 10.3. The second kappa shape index (κ2) is 26.7. The van der Waals surface area contributed by atoms with Crippen LogP contribution in [-0.4, -0.2) is 12.6 Å². The first-order chi connectivity index (χ1) is 15.7. The zero-order valence-electron chi connectivity index (χ0n) is 22.6. The van der Waals surface area contributed by atoms with Crippen LogP contribution in [-0.2, 0) is 9.53 Å². The third-order valence-electron chi connectivity index (χ3n) is 6.89. The maximum atomic E-state index is 12.1. The number of esters is 1. The molecule has 0 saturated heterocycles. The Morgan fingerprint density at radius 3 is 1.19 bits per heavy atom. The van der Waals surface area contributed by atoms with E-state index in [4.69, 9.17) is 4.74 Å². The number of hydrogen-bond donors (Lipinski definition) is 0. The lowest BCUT2D eigenvalue weighted by molar-refractivity contribution is -0.148. The van der Waals surface area contributed by atoms with Crippen molar-refractivity contribution in [1.82, 2.24) is 0 Å². The van der Waals surface area contributed by atoms with E-state index in [0.717, 1.165) is 12.8 Å². The molecule has 0 aliphatic rings. The Kier molecular flexibility index (Phi) is 26.3. The summed E-state index contributed by atoms with van der Waals surface area (Å²) in [5, 5.41) is 0. The van der Waals surface area contributed by atoms with Crippen LogP contribution in [0.25, 0.3) is 0 Å². The van der Waals surface area contributed by atoms with Crippen LogP contribution >= 0.6 is 0 Å². The van der Waals surface area contributed by atoms with Crippen LogP contribution in [0, 0.1) is 5.92 Å². The van der Waals surface area contributed by atoms with E-state index < -0.39 is 0 Å². The van der Waals surface area contributed by atoms with Crippen LogP contribution in [0.1, 0.15) is 175 Å². The molecule has 0 fully saturated rings. The number of hydrogen-bond acceptors (Lipinski definition) is 2. The van der Waals surface area contributed by atoms with Crippen molar-refractivity contribution in [3.8, 4) is 0 Å². The zero-order valence-corrected chi connectivity index (χ0v) is 22.6. The maximum Gasteiger partial charge on any atom is 0.308 e. The molecule has 1 atom stereocenters. The molecule has 192 valence electrons. The average molecular weight is 453 g/mol. The van der Waals surface area contributed by atoms with Crippen molar-refractivity contribution in [1.29, 1.82) is 0 Å². The molecular weight excluding hydrogens is 392 g/mol. The molecule has 0 radical (unpaired) electrons. The minimum absolute atomic E-state index is 0.0262. The number of carbonyl (C=O) groups excluding carboxylic acids is 1. The van der Waals surface area contributed by atoms with E-state index in [2.05, 4.69) is 13.8 Å². The summed E-state index contributed by atoms with van der Waals surface area (Å²) < 4.78 is 5.50. The number of rotatable bonds is 26. The van der Waals surface area contributed by atoms with Gasteiger partial charge in [-0.25, -0.2) is 0 Å². The molecule has 0 amide bonds. The first kappa shape index (κ1) is 31.5. The Hall–Kier alpha value is -0.530. The summed E-state index contributed by atoms with van der Waals surface area (Å²) in [5.41, 5.74) is 0. The Morgan fingerprint density at radius 2 is 0.812 bits per heavy atom. The molecule has 0 heterocycles. The van der Waals surface area contributed by atoms with Crippen molar-refractivity contribution in [3.63, 3.8) is 0 Å². The van der Waals surface area contributed by atoms with Crippen molar-refractivity contribution in [2.45, 2.75) is 175 Å². The third kappa shape index (κ3) is 24.1. The van der Waals surface area contributed by atoms with Crippen LogP contribution in [0.5, 0.6) is 0 Å². The minimum Gasteiger partial charge on any atom is -0.465 e. The molecule has 0 bridgehead atoms. The highest BCUT2D eigenvalue weighted by Crippen LogP contribution is 2.15. The molecule has 0 saturated carbocycles. The molecule has 0 aliphatic carbocycles. The first-order valence-corrected chi connectivity index (χ1v) is 14.9. The Labute approximate surface area is 203 Å². The number of carbonyl (C=O) groups is 1. The summed E-state index contributed by atoms with van der Waals surface area (Å²) in [6.45, 7) is 7.21. The summed E-state index contributed by atoms with van der Waals surface area (Å²) in [7, 11) is 0. The first-order valence-electron chi connectivity index (χ1n) is 14.9. The van der Waals surface area contributed by atoms with Crippen molar-refractivity contribution in [2.75, 3.05) is 6.61 Å². The van der Waals surface area contributed by atoms with Gasteiger partial charge < -0.3 is 4.74 Å². The standard InChI is InChI=1S/C30H60O2/c1-4-6-8-10-12-14-15-16-17-18-19-20-22-24-26-28-32-30(31)29(3)27-25-23-21-13-11-9-7-5-2/h29H,4-28H2,1-3H3. The lowest BCUT2D eigenvalue weighted by atomic mass is 10.0. The van der Waals surface area contributed by atoms with Crippen molar-refractivity contribution in [2.24, 2.45) is 5.92 Å². The molecule has 0 rings (SSSR count). The van der Waals surface area contributed by atoms with E-state index in [1.807, 2.05) is 6.92 Å². The van der Waals surface area contributed by atoms with E-state index in [0.29, 0.717) is 6.61 Å². The third-order valence-corrected chi connectivity index (χ3v) is 6.89. The summed E-state index contributed by atoms with van der Waals surface area (Å²) in [6.07, 6.45) is 32.1. The molecule has 0 spiro atoms. The highest BCUT2D eigenvalue weighted by molar-refractivity contribution is 5.71. The van der Waals surface area contributed by atoms with Crippen molar-refractivity contribution in [3.05, 3.63) is 0 Å². The van der Waals surface area contributed by atoms with Gasteiger partial charge in [0.25, 0.3) is 0 Å². The highest BCUT2D eigenvalue weighted by Gasteiger charge is 2.13. The van der Waals surface area contributed by atoms with Gasteiger partial charge in [0.2, 0.25) is 0 Å². The van der Waals surface area contributed by atoms with Gasteiger partial charge in [0.05, 0.1) is 12.5 Å². The van der Waals surface area contributed by atoms with Crippen LogP contribution in [0.4, 0.5) is 0 Å². The van der Waals surface area contributed by atoms with Gasteiger partial charge in [-0.3, -0.25) is 4.79 Å². The molecule has 0 N–H and O–H groups in total. The molecule has 0 aromatic heterocycles. The van der Waals surface area contributed by atoms with Gasteiger partial charge in [0, 0.05) is 0 Å². The fourth-order valence-electron chi connectivity index (χ4n) is 4.49. The van der Waals surface area contributed by atoms with Crippen LogP contribution < -0.4 is 0 Å². The van der Waals surface area contributed by atoms with Gasteiger partial charge in [-0.2, -0.15) is 0 Å². The summed E-state index contributed by atoms with van der Waals surface area (Å²) in [5.74, 6) is 0.102. The SMILES string of the molecule is CCCCCCCCCCCCCCCCCOC(=O)C(C)CCCCCCCCCC. The quantitative estimate of drug-likeness (QED) is 0.0963. The molecule has 32 heavy (non-hydrogen) atoms. The predicted octanol–water partition coefficient (Wildman–Crippen LogP) is 10.6. The van der Waals surface area contributed by atoms with E-state index in [1.54, 1.807) is 0 Å². The monoisotopic (exact) mass is 452 g/mol. The average Bonchev–Trinajstić information content (AvgIpc) is 2.80. The lowest BCUT2D eigenvalue weighted by Crippen LogP contribution is -2.15. The van der Waals surface area contributed by atoms with Crippen molar-refractivity contribution >= 4 is 5.97 Å². The molecule has 2 heteroatoms. The maximum absolute atomic E-state index is 12.1. The fourth-order valence-corrected chi connectivity index (χ4v) is 4.49.